The standard InChI is InChI=1S/C28H37FN4O3/c1-28(2,3)19-9-11-22(12-10-19)33(27(36)24-14-23(34)17-31-24)25(18-13-20(29)16-30-15-18)26(35)32-21-7-5-4-6-8-21/h9-13,15-16,21,23-25,31,34H,4-8,14,17H2,1-3H3,(H,32,35)/t23-,24-,25?/m1/s1. The van der Waals surface area contributed by atoms with Gasteiger partial charge in [-0.2, -0.15) is 0 Å². The van der Waals surface area contributed by atoms with Gasteiger partial charge in [-0.15, -0.1) is 0 Å². The molecule has 7 nitrogen and oxygen atoms in total. The van der Waals surface area contributed by atoms with Crippen LogP contribution in [0.15, 0.2) is 42.7 Å². The number of pyridine rings is 1. The van der Waals surface area contributed by atoms with Gasteiger partial charge >= 0.3 is 0 Å². The van der Waals surface area contributed by atoms with Crippen LogP contribution < -0.4 is 15.5 Å². The van der Waals surface area contributed by atoms with Crippen LogP contribution in [0.4, 0.5) is 10.1 Å². The van der Waals surface area contributed by atoms with Crippen molar-refractivity contribution in [1.29, 1.82) is 0 Å². The van der Waals surface area contributed by atoms with Gasteiger partial charge in [-0.1, -0.05) is 52.2 Å². The average molecular weight is 497 g/mol. The van der Waals surface area contributed by atoms with Crippen molar-refractivity contribution in [3.8, 4) is 0 Å². The molecule has 3 N–H and O–H groups in total. The fourth-order valence-electron chi connectivity index (χ4n) is 5.12. The number of anilines is 1. The monoisotopic (exact) mass is 496 g/mol. The summed E-state index contributed by atoms with van der Waals surface area (Å²) in [6.45, 7) is 6.61. The maximum absolute atomic E-state index is 14.3. The molecule has 2 amide bonds. The van der Waals surface area contributed by atoms with E-state index in [1.807, 2.05) is 24.3 Å². The lowest BCUT2D eigenvalue weighted by Crippen LogP contribution is -2.51. The van der Waals surface area contributed by atoms with E-state index in [1.165, 1.54) is 17.2 Å². The highest BCUT2D eigenvalue weighted by atomic mass is 19.1. The highest BCUT2D eigenvalue weighted by Crippen LogP contribution is 2.32. The van der Waals surface area contributed by atoms with Crippen molar-refractivity contribution in [3.63, 3.8) is 0 Å². The number of β-amino-alcohol motifs (C(OH)–C–C–N with tert-alkyl or cyclic N) is 1. The van der Waals surface area contributed by atoms with Crippen LogP contribution >= 0.6 is 0 Å². The molecule has 8 heteroatoms. The van der Waals surface area contributed by atoms with Crippen LogP contribution in [0.5, 0.6) is 0 Å². The summed E-state index contributed by atoms with van der Waals surface area (Å²) >= 11 is 0. The normalized spacial score (nSPS) is 21.7. The first kappa shape index (κ1) is 26.2. The molecule has 4 rings (SSSR count). The Labute approximate surface area is 212 Å². The predicted molar refractivity (Wildman–Crippen MR) is 137 cm³/mol. The van der Waals surface area contributed by atoms with E-state index in [9.17, 15) is 19.1 Å². The lowest BCUT2D eigenvalue weighted by atomic mass is 9.87. The van der Waals surface area contributed by atoms with E-state index < -0.39 is 24.0 Å². The summed E-state index contributed by atoms with van der Waals surface area (Å²) in [4.78, 5) is 33.2. The zero-order chi connectivity index (χ0) is 25.9. The van der Waals surface area contributed by atoms with Gasteiger partial charge in [0, 0.05) is 30.0 Å². The van der Waals surface area contributed by atoms with Crippen molar-refractivity contribution in [3.05, 3.63) is 59.7 Å². The van der Waals surface area contributed by atoms with Crippen molar-refractivity contribution < 1.29 is 19.1 Å². The Hall–Kier alpha value is -2.84. The van der Waals surface area contributed by atoms with Crippen molar-refractivity contribution >= 4 is 17.5 Å². The Kier molecular flexibility index (Phi) is 8.05. The number of carbonyl (C=O) groups excluding carboxylic acids is 2. The van der Waals surface area contributed by atoms with Crippen LogP contribution in [-0.4, -0.2) is 46.6 Å². The second-order valence-corrected chi connectivity index (χ2v) is 11.0. The van der Waals surface area contributed by atoms with E-state index >= 15 is 0 Å². The van der Waals surface area contributed by atoms with Gasteiger partial charge in [-0.3, -0.25) is 19.5 Å². The van der Waals surface area contributed by atoms with Gasteiger partial charge in [0.05, 0.1) is 18.3 Å². The smallest absolute Gasteiger partial charge is 0.248 e. The molecule has 36 heavy (non-hydrogen) atoms. The second kappa shape index (κ2) is 11.0. The Morgan fingerprint density at radius 3 is 2.42 bits per heavy atom. The SMILES string of the molecule is CC(C)(C)c1ccc(N(C(=O)[C@H]2C[C@@H](O)CN2)C(C(=O)NC2CCCCC2)c2cncc(F)c2)cc1. The Morgan fingerprint density at radius 1 is 1.14 bits per heavy atom. The third-order valence-electron chi connectivity index (χ3n) is 7.15. The van der Waals surface area contributed by atoms with Crippen LogP contribution in [0.25, 0.3) is 0 Å². The maximum atomic E-state index is 14.3. The van der Waals surface area contributed by atoms with E-state index in [0.29, 0.717) is 17.8 Å². The fourth-order valence-corrected chi connectivity index (χ4v) is 5.12. The van der Waals surface area contributed by atoms with Gasteiger partial charge < -0.3 is 15.7 Å². The van der Waals surface area contributed by atoms with Gasteiger partial charge in [-0.05, 0) is 48.4 Å². The Morgan fingerprint density at radius 2 is 1.83 bits per heavy atom. The summed E-state index contributed by atoms with van der Waals surface area (Å²) < 4.78 is 14.3. The fraction of sp³-hybridized carbons (Fsp3) is 0.536. The number of carbonyl (C=O) groups is 2. The van der Waals surface area contributed by atoms with Crippen LogP contribution in [0, 0.1) is 5.82 Å². The number of hydrogen-bond acceptors (Lipinski definition) is 5. The molecule has 2 fully saturated rings. The van der Waals surface area contributed by atoms with Gasteiger partial charge in [0.2, 0.25) is 11.8 Å². The summed E-state index contributed by atoms with van der Waals surface area (Å²) in [5.41, 5.74) is 1.83. The summed E-state index contributed by atoms with van der Waals surface area (Å²) in [6, 6.07) is 7.07. The number of aromatic nitrogens is 1. The molecular weight excluding hydrogens is 459 g/mol. The topological polar surface area (TPSA) is 94.6 Å². The first-order chi connectivity index (χ1) is 17.1. The van der Waals surface area contributed by atoms with Gasteiger partial charge in [0.15, 0.2) is 0 Å². The molecule has 3 atom stereocenters. The number of nitrogens with zero attached hydrogens (tertiary/aromatic N) is 2. The summed E-state index contributed by atoms with van der Waals surface area (Å²) in [7, 11) is 0. The first-order valence-corrected chi connectivity index (χ1v) is 12.9. The highest BCUT2D eigenvalue weighted by Gasteiger charge is 2.39. The number of halogens is 1. The number of amides is 2. The molecule has 1 saturated carbocycles. The Bertz CT molecular complexity index is 1060. The minimum absolute atomic E-state index is 0.0157. The summed E-state index contributed by atoms with van der Waals surface area (Å²) in [5, 5.41) is 16.3. The van der Waals surface area contributed by atoms with E-state index in [0.717, 1.165) is 43.9 Å². The molecule has 0 spiro atoms. The summed E-state index contributed by atoms with van der Waals surface area (Å²) in [6.07, 6.45) is 7.10. The van der Waals surface area contributed by atoms with Gasteiger partial charge in [0.25, 0.3) is 0 Å². The highest BCUT2D eigenvalue weighted by molar-refractivity contribution is 6.04. The first-order valence-electron chi connectivity index (χ1n) is 12.9. The predicted octanol–water partition coefficient (Wildman–Crippen LogP) is 3.76. The lowest BCUT2D eigenvalue weighted by molar-refractivity contribution is -0.128. The van der Waals surface area contributed by atoms with E-state index in [-0.39, 0.29) is 29.7 Å². The third kappa shape index (κ3) is 6.10. The molecule has 1 saturated heterocycles. The summed E-state index contributed by atoms with van der Waals surface area (Å²) in [5.74, 6) is -1.28. The number of hydrogen-bond donors (Lipinski definition) is 3. The molecule has 1 aliphatic carbocycles. The van der Waals surface area contributed by atoms with Crippen molar-refractivity contribution in [1.82, 2.24) is 15.6 Å². The number of benzene rings is 1. The van der Waals surface area contributed by atoms with Crippen LogP contribution in [0.2, 0.25) is 0 Å². The van der Waals surface area contributed by atoms with E-state index in [2.05, 4.69) is 36.4 Å². The van der Waals surface area contributed by atoms with Crippen LogP contribution in [0.3, 0.4) is 0 Å². The van der Waals surface area contributed by atoms with Crippen molar-refractivity contribution in [2.75, 3.05) is 11.4 Å². The second-order valence-electron chi connectivity index (χ2n) is 11.0. The number of aliphatic hydroxyl groups excluding tert-OH is 1. The largest absolute Gasteiger partial charge is 0.392 e. The molecule has 1 aromatic heterocycles. The third-order valence-corrected chi connectivity index (χ3v) is 7.15. The zero-order valence-corrected chi connectivity index (χ0v) is 21.3. The molecule has 2 aliphatic rings. The Balaban J connectivity index is 1.77. The maximum Gasteiger partial charge on any atom is 0.248 e. The molecule has 0 bridgehead atoms. The molecule has 1 aliphatic heterocycles. The van der Waals surface area contributed by atoms with Crippen LogP contribution in [-0.2, 0) is 15.0 Å². The minimum Gasteiger partial charge on any atom is -0.392 e. The van der Waals surface area contributed by atoms with E-state index in [4.69, 9.17) is 0 Å². The molecule has 2 aromatic rings. The molecule has 194 valence electrons. The molecule has 0 radical (unpaired) electrons. The molecule has 2 heterocycles. The zero-order valence-electron chi connectivity index (χ0n) is 21.3. The molecular formula is C28H37FN4O3. The number of nitrogens with one attached hydrogen (secondary N) is 2. The van der Waals surface area contributed by atoms with Gasteiger partial charge in [-0.25, -0.2) is 4.39 Å². The minimum atomic E-state index is -1.11. The number of aliphatic hydroxyl groups is 1. The van der Waals surface area contributed by atoms with Crippen LogP contribution in [0.1, 0.15) is 76.5 Å². The number of rotatable bonds is 6. The molecule has 1 unspecified atom stereocenters. The lowest BCUT2D eigenvalue weighted by Gasteiger charge is -2.35. The quantitative estimate of drug-likeness (QED) is 0.566. The average Bonchev–Trinajstić information content (AvgIpc) is 3.28. The van der Waals surface area contributed by atoms with Crippen molar-refractivity contribution in [2.45, 2.75) is 88.9 Å². The van der Waals surface area contributed by atoms with Crippen molar-refractivity contribution in [2.24, 2.45) is 0 Å². The van der Waals surface area contributed by atoms with E-state index in [1.54, 1.807) is 0 Å². The molecule has 1 aromatic carbocycles. The van der Waals surface area contributed by atoms with Gasteiger partial charge in [0.1, 0.15) is 11.9 Å².